The number of guanidine groups is 1. The van der Waals surface area contributed by atoms with Crippen molar-refractivity contribution in [3.63, 3.8) is 0 Å². The second kappa shape index (κ2) is 6.01. The molecule has 0 fully saturated rings. The second-order valence-electron chi connectivity index (χ2n) is 2.92. The average Bonchev–Trinajstić information content (AvgIpc) is 1.99. The molecule has 10 heteroatoms. The van der Waals surface area contributed by atoms with E-state index < -0.39 is 31.6 Å². The van der Waals surface area contributed by atoms with Crippen LogP contribution in [0.5, 0.6) is 0 Å². The Bertz CT molecular complexity index is 439. The molecule has 8 nitrogen and oxygen atoms in total. The van der Waals surface area contributed by atoms with E-state index in [0.29, 0.717) is 6.54 Å². The Balaban J connectivity index is 4.23. The molecule has 0 heterocycles. The summed E-state index contributed by atoms with van der Waals surface area (Å²) in [6.45, 7) is 2.01. The molecule has 0 radical (unpaired) electrons. The predicted octanol–water partition coefficient (Wildman–Crippen LogP) is -1.48. The Labute approximate surface area is 94.7 Å². The van der Waals surface area contributed by atoms with E-state index in [1.165, 1.54) is 0 Å². The molecule has 0 bridgehead atoms. The van der Waals surface area contributed by atoms with E-state index in [1.807, 2.05) is 4.72 Å². The van der Waals surface area contributed by atoms with Crippen LogP contribution in [0.1, 0.15) is 13.3 Å². The SMILES string of the molecule is CCN=C(N)NS(=O)(=O)CCCS(=O)(=O)O. The van der Waals surface area contributed by atoms with Crippen molar-refractivity contribution in [3.05, 3.63) is 0 Å². The smallest absolute Gasteiger partial charge is 0.264 e. The highest BCUT2D eigenvalue weighted by molar-refractivity contribution is 7.90. The number of nitrogens with one attached hydrogen (secondary N) is 1. The van der Waals surface area contributed by atoms with Gasteiger partial charge in [-0.05, 0) is 13.3 Å². The maximum Gasteiger partial charge on any atom is 0.264 e. The fourth-order valence-corrected chi connectivity index (χ4v) is 2.55. The van der Waals surface area contributed by atoms with Crippen LogP contribution in [-0.4, -0.2) is 45.4 Å². The number of aliphatic imine (C=N–C) groups is 1. The molecule has 0 spiro atoms. The molecule has 0 saturated carbocycles. The predicted molar refractivity (Wildman–Crippen MR) is 60.1 cm³/mol. The third-order valence-electron chi connectivity index (χ3n) is 1.40. The molecule has 0 aromatic heterocycles. The quantitative estimate of drug-likeness (QED) is 0.306. The van der Waals surface area contributed by atoms with Crippen LogP contribution in [0.4, 0.5) is 0 Å². The number of sulfonamides is 1. The van der Waals surface area contributed by atoms with Gasteiger partial charge in [0.15, 0.2) is 0 Å². The molecular weight excluding hydrogens is 258 g/mol. The third-order valence-corrected chi connectivity index (χ3v) is 3.55. The van der Waals surface area contributed by atoms with E-state index in [0.717, 1.165) is 0 Å². The number of nitrogens with two attached hydrogens (primary N) is 1. The van der Waals surface area contributed by atoms with Gasteiger partial charge in [0.05, 0.1) is 11.5 Å². The van der Waals surface area contributed by atoms with Crippen LogP contribution in [0.2, 0.25) is 0 Å². The lowest BCUT2D eigenvalue weighted by atomic mass is 10.6. The zero-order valence-corrected chi connectivity index (χ0v) is 10.4. The average molecular weight is 273 g/mol. The lowest BCUT2D eigenvalue weighted by Gasteiger charge is -2.05. The minimum Gasteiger partial charge on any atom is -0.369 e. The highest BCUT2D eigenvalue weighted by Gasteiger charge is 2.13. The minimum atomic E-state index is -4.14. The van der Waals surface area contributed by atoms with Crippen LogP contribution in [-0.2, 0) is 20.1 Å². The number of nitrogens with zero attached hydrogens (tertiary/aromatic N) is 1. The first-order chi connectivity index (χ1) is 7.16. The van der Waals surface area contributed by atoms with Crippen molar-refractivity contribution < 1.29 is 21.4 Å². The number of rotatable bonds is 6. The van der Waals surface area contributed by atoms with Crippen molar-refractivity contribution >= 4 is 26.1 Å². The highest BCUT2D eigenvalue weighted by Crippen LogP contribution is 1.93. The van der Waals surface area contributed by atoms with Crippen molar-refractivity contribution in [2.24, 2.45) is 10.7 Å². The largest absolute Gasteiger partial charge is 0.369 e. The van der Waals surface area contributed by atoms with E-state index >= 15 is 0 Å². The number of hydrogen-bond acceptors (Lipinski definition) is 5. The highest BCUT2D eigenvalue weighted by atomic mass is 32.2. The normalized spacial score (nSPS) is 13.8. The topological polar surface area (TPSA) is 139 Å². The summed E-state index contributed by atoms with van der Waals surface area (Å²) >= 11 is 0. The zero-order chi connectivity index (χ0) is 12.8. The van der Waals surface area contributed by atoms with Gasteiger partial charge in [0.1, 0.15) is 0 Å². The van der Waals surface area contributed by atoms with Gasteiger partial charge in [-0.1, -0.05) is 0 Å². The van der Waals surface area contributed by atoms with Gasteiger partial charge >= 0.3 is 0 Å². The lowest BCUT2D eigenvalue weighted by molar-refractivity contribution is 0.482. The second-order valence-corrected chi connectivity index (χ2v) is 6.33. The van der Waals surface area contributed by atoms with Gasteiger partial charge in [0.2, 0.25) is 16.0 Å². The molecule has 0 aliphatic heterocycles. The van der Waals surface area contributed by atoms with E-state index in [-0.39, 0.29) is 12.4 Å². The monoisotopic (exact) mass is 273 g/mol. The van der Waals surface area contributed by atoms with Gasteiger partial charge < -0.3 is 5.73 Å². The zero-order valence-electron chi connectivity index (χ0n) is 8.75. The van der Waals surface area contributed by atoms with Gasteiger partial charge in [-0.15, -0.1) is 0 Å². The van der Waals surface area contributed by atoms with Crippen LogP contribution in [0.25, 0.3) is 0 Å². The maximum absolute atomic E-state index is 11.3. The maximum atomic E-state index is 11.3. The summed E-state index contributed by atoms with van der Waals surface area (Å²) < 4.78 is 53.5. The van der Waals surface area contributed by atoms with Gasteiger partial charge in [-0.3, -0.25) is 14.3 Å². The molecule has 0 rings (SSSR count). The Morgan fingerprint density at radius 3 is 2.31 bits per heavy atom. The van der Waals surface area contributed by atoms with Gasteiger partial charge in [0.25, 0.3) is 10.1 Å². The van der Waals surface area contributed by atoms with Crippen LogP contribution >= 0.6 is 0 Å². The van der Waals surface area contributed by atoms with Crippen LogP contribution in [0, 0.1) is 0 Å². The Kier molecular flexibility index (Phi) is 5.68. The molecular formula is C6H15N3O5S2. The standard InChI is InChI=1S/C6H15N3O5S2/c1-2-8-6(7)9-15(10,11)4-3-5-16(12,13)14/h2-5H2,1H3,(H3,7,8,9)(H,12,13,14). The Morgan fingerprint density at radius 1 is 1.31 bits per heavy atom. The molecule has 0 aromatic carbocycles. The van der Waals surface area contributed by atoms with Crippen molar-refractivity contribution in [1.82, 2.24) is 4.72 Å². The van der Waals surface area contributed by atoms with Gasteiger partial charge in [-0.25, -0.2) is 8.42 Å². The molecule has 0 unspecified atom stereocenters. The van der Waals surface area contributed by atoms with Crippen molar-refractivity contribution in [2.45, 2.75) is 13.3 Å². The summed E-state index contributed by atoms with van der Waals surface area (Å²) in [7, 11) is -7.85. The fraction of sp³-hybridized carbons (Fsp3) is 0.833. The molecule has 0 aromatic rings. The molecule has 0 aliphatic carbocycles. The summed E-state index contributed by atoms with van der Waals surface area (Å²) in [4.78, 5) is 3.60. The van der Waals surface area contributed by atoms with Crippen molar-refractivity contribution in [1.29, 1.82) is 0 Å². The molecule has 16 heavy (non-hydrogen) atoms. The van der Waals surface area contributed by atoms with E-state index in [9.17, 15) is 16.8 Å². The molecule has 0 atom stereocenters. The summed E-state index contributed by atoms with van der Waals surface area (Å²) in [6, 6.07) is 0. The van der Waals surface area contributed by atoms with Crippen molar-refractivity contribution in [3.8, 4) is 0 Å². The van der Waals surface area contributed by atoms with Gasteiger partial charge in [-0.2, -0.15) is 8.42 Å². The third kappa shape index (κ3) is 8.44. The van der Waals surface area contributed by atoms with E-state index in [1.54, 1.807) is 6.92 Å². The first-order valence-electron chi connectivity index (χ1n) is 4.42. The van der Waals surface area contributed by atoms with Gasteiger partial charge in [0, 0.05) is 6.54 Å². The Hall–Kier alpha value is -0.870. The molecule has 96 valence electrons. The van der Waals surface area contributed by atoms with Crippen LogP contribution in [0.3, 0.4) is 0 Å². The first kappa shape index (κ1) is 15.1. The minimum absolute atomic E-state index is 0.215. The summed E-state index contributed by atoms with van der Waals surface area (Å²) in [5.41, 5.74) is 5.22. The lowest BCUT2D eigenvalue weighted by Crippen LogP contribution is -2.38. The van der Waals surface area contributed by atoms with E-state index in [4.69, 9.17) is 10.3 Å². The van der Waals surface area contributed by atoms with Crippen LogP contribution in [0.15, 0.2) is 4.99 Å². The summed E-state index contributed by atoms with van der Waals surface area (Å²) in [5, 5.41) is 0. The van der Waals surface area contributed by atoms with Crippen LogP contribution < -0.4 is 10.5 Å². The molecule has 0 saturated heterocycles. The molecule has 0 aliphatic rings. The Morgan fingerprint density at radius 2 is 1.88 bits per heavy atom. The fourth-order valence-electron chi connectivity index (χ4n) is 0.844. The first-order valence-corrected chi connectivity index (χ1v) is 7.68. The number of hydrogen-bond donors (Lipinski definition) is 3. The summed E-state index contributed by atoms with van der Waals surface area (Å²) in [6.07, 6.45) is -0.215. The molecule has 0 amide bonds. The van der Waals surface area contributed by atoms with E-state index in [2.05, 4.69) is 4.99 Å². The summed E-state index contributed by atoms with van der Waals surface area (Å²) in [5.74, 6) is -1.31. The molecule has 4 N–H and O–H groups in total. The van der Waals surface area contributed by atoms with Crippen molar-refractivity contribution in [2.75, 3.05) is 18.1 Å².